The Morgan fingerprint density at radius 2 is 1.68 bits per heavy atom. The molecule has 2 nitrogen and oxygen atoms in total. The highest BCUT2D eigenvalue weighted by Crippen LogP contribution is 2.38. The highest BCUT2D eigenvalue weighted by atomic mass is 16.4. The molecule has 1 aromatic rings. The largest absolute Gasteiger partial charge is 0.481 e. The molecule has 104 valence electrons. The highest BCUT2D eigenvalue weighted by molar-refractivity contribution is 5.75. The SMILES string of the molecule is Cc1ccccc1CC1(C(=O)O)CCCCCCC1. The Hall–Kier alpha value is -1.31. The standard InChI is InChI=1S/C17H24O2/c1-14-9-5-6-10-15(14)13-17(16(18)19)11-7-3-2-4-8-12-17/h5-6,9-10H,2-4,7-8,11-13H2,1H3,(H,18,19). The molecule has 1 aliphatic carbocycles. The Labute approximate surface area is 115 Å². The maximum atomic E-state index is 11.9. The Bertz CT molecular complexity index is 429. The molecule has 1 aliphatic rings. The van der Waals surface area contributed by atoms with Gasteiger partial charge in [-0.2, -0.15) is 0 Å². The summed E-state index contributed by atoms with van der Waals surface area (Å²) in [6.45, 7) is 2.08. The minimum absolute atomic E-state index is 0.535. The van der Waals surface area contributed by atoms with Gasteiger partial charge in [0.2, 0.25) is 0 Å². The number of carbonyl (C=O) groups is 1. The third kappa shape index (κ3) is 3.37. The summed E-state index contributed by atoms with van der Waals surface area (Å²) in [6, 6.07) is 8.19. The number of carboxylic acid groups (broad SMARTS) is 1. The van der Waals surface area contributed by atoms with Crippen molar-refractivity contribution in [3.05, 3.63) is 35.4 Å². The van der Waals surface area contributed by atoms with Crippen LogP contribution in [0, 0.1) is 12.3 Å². The summed E-state index contributed by atoms with van der Waals surface area (Å²) in [7, 11) is 0. The summed E-state index contributed by atoms with van der Waals surface area (Å²) in [5.41, 5.74) is 1.88. The first-order valence-electron chi connectivity index (χ1n) is 7.42. The lowest BCUT2D eigenvalue weighted by molar-refractivity contribution is -0.150. The van der Waals surface area contributed by atoms with E-state index >= 15 is 0 Å². The van der Waals surface area contributed by atoms with Crippen LogP contribution in [0.5, 0.6) is 0 Å². The van der Waals surface area contributed by atoms with Crippen LogP contribution in [0.25, 0.3) is 0 Å². The van der Waals surface area contributed by atoms with E-state index in [-0.39, 0.29) is 0 Å². The van der Waals surface area contributed by atoms with Gasteiger partial charge in [0.25, 0.3) is 0 Å². The zero-order valence-electron chi connectivity index (χ0n) is 11.8. The monoisotopic (exact) mass is 260 g/mol. The molecule has 0 spiro atoms. The second kappa shape index (κ2) is 6.23. The number of rotatable bonds is 3. The van der Waals surface area contributed by atoms with Gasteiger partial charge in [0, 0.05) is 0 Å². The van der Waals surface area contributed by atoms with Gasteiger partial charge in [0.1, 0.15) is 0 Å². The molecule has 0 heterocycles. The van der Waals surface area contributed by atoms with Crippen molar-refractivity contribution in [1.29, 1.82) is 0 Å². The van der Waals surface area contributed by atoms with Crippen molar-refractivity contribution in [3.8, 4) is 0 Å². The number of hydrogen-bond donors (Lipinski definition) is 1. The number of carboxylic acids is 1. The molecular weight excluding hydrogens is 236 g/mol. The van der Waals surface area contributed by atoms with Crippen molar-refractivity contribution in [2.24, 2.45) is 5.41 Å². The summed E-state index contributed by atoms with van der Waals surface area (Å²) >= 11 is 0. The van der Waals surface area contributed by atoms with Crippen LogP contribution in [0.2, 0.25) is 0 Å². The molecule has 0 aromatic heterocycles. The third-order valence-corrected chi connectivity index (χ3v) is 4.55. The Kier molecular flexibility index (Phi) is 4.62. The quantitative estimate of drug-likeness (QED) is 0.877. The number of hydrogen-bond acceptors (Lipinski definition) is 1. The summed E-state index contributed by atoms with van der Waals surface area (Å²) in [4.78, 5) is 11.9. The molecule has 19 heavy (non-hydrogen) atoms. The number of aryl methyl sites for hydroxylation is 1. The fraction of sp³-hybridized carbons (Fsp3) is 0.588. The smallest absolute Gasteiger partial charge is 0.309 e. The lowest BCUT2D eigenvalue weighted by atomic mass is 9.72. The van der Waals surface area contributed by atoms with E-state index in [1.807, 2.05) is 12.1 Å². The van der Waals surface area contributed by atoms with E-state index in [2.05, 4.69) is 19.1 Å². The zero-order valence-corrected chi connectivity index (χ0v) is 11.8. The fourth-order valence-corrected chi connectivity index (χ4v) is 3.22. The molecule has 1 N–H and O–H groups in total. The van der Waals surface area contributed by atoms with Crippen LogP contribution in [-0.2, 0) is 11.2 Å². The average molecular weight is 260 g/mol. The lowest BCUT2D eigenvalue weighted by Crippen LogP contribution is -2.34. The molecule has 0 unspecified atom stereocenters. The summed E-state index contributed by atoms with van der Waals surface area (Å²) in [5.74, 6) is -0.599. The first-order valence-corrected chi connectivity index (χ1v) is 7.42. The molecule has 0 amide bonds. The van der Waals surface area contributed by atoms with Gasteiger partial charge in [-0.1, -0.05) is 56.4 Å². The van der Waals surface area contributed by atoms with E-state index in [4.69, 9.17) is 0 Å². The van der Waals surface area contributed by atoms with Gasteiger partial charge in [0.05, 0.1) is 5.41 Å². The molecule has 1 fully saturated rings. The maximum absolute atomic E-state index is 11.9. The molecule has 0 radical (unpaired) electrons. The van der Waals surface area contributed by atoms with Crippen molar-refractivity contribution in [3.63, 3.8) is 0 Å². The first-order chi connectivity index (χ1) is 9.14. The Morgan fingerprint density at radius 3 is 2.26 bits per heavy atom. The van der Waals surface area contributed by atoms with Crippen LogP contribution in [0.4, 0.5) is 0 Å². The zero-order chi connectivity index (χ0) is 13.7. The summed E-state index contributed by atoms with van der Waals surface area (Å²) in [6.07, 6.45) is 8.09. The van der Waals surface area contributed by atoms with E-state index < -0.39 is 11.4 Å². The number of benzene rings is 1. The van der Waals surface area contributed by atoms with E-state index in [0.29, 0.717) is 6.42 Å². The molecule has 2 heteroatoms. The van der Waals surface area contributed by atoms with Gasteiger partial charge < -0.3 is 5.11 Å². The van der Waals surface area contributed by atoms with Gasteiger partial charge >= 0.3 is 5.97 Å². The second-order valence-electron chi connectivity index (χ2n) is 5.96. The van der Waals surface area contributed by atoms with Crippen LogP contribution < -0.4 is 0 Å². The van der Waals surface area contributed by atoms with Crippen LogP contribution in [-0.4, -0.2) is 11.1 Å². The number of aliphatic carboxylic acids is 1. The van der Waals surface area contributed by atoms with Crippen molar-refractivity contribution < 1.29 is 9.90 Å². The van der Waals surface area contributed by atoms with Gasteiger partial charge in [-0.3, -0.25) is 4.79 Å². The molecule has 0 aliphatic heterocycles. The van der Waals surface area contributed by atoms with Crippen molar-refractivity contribution in [1.82, 2.24) is 0 Å². The van der Waals surface area contributed by atoms with Crippen molar-refractivity contribution in [2.75, 3.05) is 0 Å². The second-order valence-corrected chi connectivity index (χ2v) is 5.96. The van der Waals surface area contributed by atoms with Crippen LogP contribution >= 0.6 is 0 Å². The minimum atomic E-state index is -0.599. The van der Waals surface area contributed by atoms with Crippen LogP contribution in [0.15, 0.2) is 24.3 Å². The van der Waals surface area contributed by atoms with Gasteiger partial charge in [-0.05, 0) is 37.3 Å². The normalized spacial score (nSPS) is 19.4. The molecule has 2 rings (SSSR count). The Balaban J connectivity index is 2.23. The molecule has 0 bridgehead atoms. The topological polar surface area (TPSA) is 37.3 Å². The van der Waals surface area contributed by atoms with Gasteiger partial charge in [-0.15, -0.1) is 0 Å². The van der Waals surface area contributed by atoms with Crippen LogP contribution in [0.3, 0.4) is 0 Å². The average Bonchev–Trinajstić information content (AvgIpc) is 2.35. The fourth-order valence-electron chi connectivity index (χ4n) is 3.22. The van der Waals surface area contributed by atoms with Crippen LogP contribution in [0.1, 0.15) is 56.1 Å². The lowest BCUT2D eigenvalue weighted by Gasteiger charge is -2.32. The van der Waals surface area contributed by atoms with E-state index in [9.17, 15) is 9.90 Å². The minimum Gasteiger partial charge on any atom is -0.481 e. The molecule has 0 atom stereocenters. The molecular formula is C17H24O2. The van der Waals surface area contributed by atoms with Gasteiger partial charge in [0.15, 0.2) is 0 Å². The van der Waals surface area contributed by atoms with E-state index in [1.54, 1.807) is 0 Å². The van der Waals surface area contributed by atoms with E-state index in [1.165, 1.54) is 30.4 Å². The summed E-state index contributed by atoms with van der Waals surface area (Å²) < 4.78 is 0. The van der Waals surface area contributed by atoms with Crippen molar-refractivity contribution >= 4 is 5.97 Å². The maximum Gasteiger partial charge on any atom is 0.309 e. The highest BCUT2D eigenvalue weighted by Gasteiger charge is 2.38. The Morgan fingerprint density at radius 1 is 1.11 bits per heavy atom. The van der Waals surface area contributed by atoms with Gasteiger partial charge in [-0.25, -0.2) is 0 Å². The predicted octanol–water partition coefficient (Wildman–Crippen LogP) is 4.35. The third-order valence-electron chi connectivity index (χ3n) is 4.55. The first kappa shape index (κ1) is 14.1. The van der Waals surface area contributed by atoms with E-state index in [0.717, 1.165) is 25.7 Å². The molecule has 1 saturated carbocycles. The summed E-state index contributed by atoms with van der Waals surface area (Å²) in [5, 5.41) is 9.76. The molecule has 0 saturated heterocycles. The predicted molar refractivity (Wildman–Crippen MR) is 77.3 cm³/mol. The molecule has 1 aromatic carbocycles. The van der Waals surface area contributed by atoms with Crippen molar-refractivity contribution in [2.45, 2.75) is 58.3 Å².